The molecule has 0 bridgehead atoms. The van der Waals surface area contributed by atoms with Gasteiger partial charge >= 0.3 is 0 Å². The van der Waals surface area contributed by atoms with Gasteiger partial charge in [-0.05, 0) is 6.42 Å². The van der Waals surface area contributed by atoms with Crippen LogP contribution in [0.5, 0.6) is 0 Å². The minimum atomic E-state index is -2.08. The molecule has 5 heteroatoms. The summed E-state index contributed by atoms with van der Waals surface area (Å²) in [6.07, 6.45) is 1.87. The van der Waals surface area contributed by atoms with Crippen molar-refractivity contribution >= 4 is 11.3 Å². The number of hydrogen-bond acceptors (Lipinski definition) is 3. The monoisotopic (exact) mass is 192 g/mol. The molecular formula is C7H14NO3S-. The summed E-state index contributed by atoms with van der Waals surface area (Å²) in [5.74, 6) is 0. The van der Waals surface area contributed by atoms with Crippen LogP contribution in [0, 0.1) is 0 Å². The van der Waals surface area contributed by atoms with Crippen LogP contribution in [0.25, 0.3) is 0 Å². The van der Waals surface area contributed by atoms with Gasteiger partial charge in [-0.15, -0.1) is 0 Å². The first-order valence-electron chi connectivity index (χ1n) is 4.19. The van der Waals surface area contributed by atoms with Gasteiger partial charge in [-0.3, -0.25) is 4.21 Å². The molecule has 2 unspecified atom stereocenters. The minimum absolute atomic E-state index is 0.0575. The number of nitrogens with zero attached hydrogens (tertiary/aromatic N) is 1. The van der Waals surface area contributed by atoms with Gasteiger partial charge in [0.2, 0.25) is 0 Å². The molecule has 1 saturated heterocycles. The standard InChI is InChI=1S/C7H15NO3S/c1-2-3-7-6-11-5-4-8(7)12(9)10/h7H,2-6H2,1H3,(H,9,10)/p-1. The summed E-state index contributed by atoms with van der Waals surface area (Å²) in [7, 11) is 0. The van der Waals surface area contributed by atoms with E-state index in [1.165, 1.54) is 4.31 Å². The fourth-order valence-electron chi connectivity index (χ4n) is 1.40. The molecule has 0 aliphatic carbocycles. The van der Waals surface area contributed by atoms with E-state index in [-0.39, 0.29) is 6.04 Å². The molecule has 1 heterocycles. The van der Waals surface area contributed by atoms with Crippen molar-refractivity contribution < 1.29 is 13.5 Å². The van der Waals surface area contributed by atoms with E-state index in [1.54, 1.807) is 0 Å². The fourth-order valence-corrected chi connectivity index (χ4v) is 2.03. The summed E-state index contributed by atoms with van der Waals surface area (Å²) in [6, 6.07) is 0.0575. The number of rotatable bonds is 3. The SMILES string of the molecule is CCCC1COCCN1S(=O)[O-]. The van der Waals surface area contributed by atoms with Crippen LogP contribution in [0.4, 0.5) is 0 Å². The summed E-state index contributed by atoms with van der Waals surface area (Å²) in [5.41, 5.74) is 0. The molecule has 0 aromatic heterocycles. The zero-order chi connectivity index (χ0) is 8.97. The minimum Gasteiger partial charge on any atom is -0.760 e. The lowest BCUT2D eigenvalue weighted by molar-refractivity contribution is 0.0285. The predicted molar refractivity (Wildman–Crippen MR) is 45.1 cm³/mol. The number of ether oxygens (including phenoxy) is 1. The molecule has 0 radical (unpaired) electrons. The first kappa shape index (κ1) is 10.1. The van der Waals surface area contributed by atoms with Crippen molar-refractivity contribution in [3.8, 4) is 0 Å². The Kier molecular flexibility index (Phi) is 4.14. The molecule has 72 valence electrons. The maximum absolute atomic E-state index is 10.7. The van der Waals surface area contributed by atoms with Crippen molar-refractivity contribution in [2.24, 2.45) is 0 Å². The lowest BCUT2D eigenvalue weighted by atomic mass is 10.1. The largest absolute Gasteiger partial charge is 0.760 e. The first-order chi connectivity index (χ1) is 5.75. The Morgan fingerprint density at radius 1 is 1.75 bits per heavy atom. The van der Waals surface area contributed by atoms with E-state index in [1.807, 2.05) is 6.92 Å². The average Bonchev–Trinajstić information content (AvgIpc) is 2.05. The topological polar surface area (TPSA) is 52.6 Å². The van der Waals surface area contributed by atoms with Crippen molar-refractivity contribution in [2.45, 2.75) is 25.8 Å². The van der Waals surface area contributed by atoms with Gasteiger partial charge in [-0.1, -0.05) is 13.3 Å². The lowest BCUT2D eigenvalue weighted by Crippen LogP contribution is -2.45. The van der Waals surface area contributed by atoms with Crippen LogP contribution < -0.4 is 0 Å². The highest BCUT2D eigenvalue weighted by Crippen LogP contribution is 2.13. The van der Waals surface area contributed by atoms with E-state index >= 15 is 0 Å². The van der Waals surface area contributed by atoms with E-state index in [2.05, 4.69) is 0 Å². The van der Waals surface area contributed by atoms with Crippen LogP contribution in [0.15, 0.2) is 0 Å². The Hall–Kier alpha value is 0.0300. The highest BCUT2D eigenvalue weighted by molar-refractivity contribution is 7.76. The molecule has 0 saturated carbocycles. The van der Waals surface area contributed by atoms with E-state index in [4.69, 9.17) is 4.74 Å². The maximum atomic E-state index is 10.7. The molecule has 0 N–H and O–H groups in total. The van der Waals surface area contributed by atoms with Gasteiger partial charge in [0.05, 0.1) is 13.2 Å². The highest BCUT2D eigenvalue weighted by Gasteiger charge is 2.22. The van der Waals surface area contributed by atoms with E-state index in [0.717, 1.165) is 12.8 Å². The summed E-state index contributed by atoms with van der Waals surface area (Å²) < 4.78 is 28.1. The fraction of sp³-hybridized carbons (Fsp3) is 1.00. The molecule has 1 fully saturated rings. The molecule has 1 aliphatic rings. The van der Waals surface area contributed by atoms with Crippen LogP contribution in [-0.2, 0) is 16.0 Å². The summed E-state index contributed by atoms with van der Waals surface area (Å²) in [5, 5.41) is 0. The predicted octanol–water partition coefficient (Wildman–Crippen LogP) is 0.281. The Morgan fingerprint density at radius 2 is 2.50 bits per heavy atom. The van der Waals surface area contributed by atoms with Crippen LogP contribution >= 0.6 is 0 Å². The first-order valence-corrected chi connectivity index (χ1v) is 5.22. The molecule has 0 aromatic carbocycles. The van der Waals surface area contributed by atoms with Crippen molar-refractivity contribution in [2.75, 3.05) is 19.8 Å². The summed E-state index contributed by atoms with van der Waals surface area (Å²) in [4.78, 5) is 0. The quantitative estimate of drug-likeness (QED) is 0.604. The zero-order valence-corrected chi connectivity index (χ0v) is 8.01. The molecule has 2 atom stereocenters. The average molecular weight is 192 g/mol. The van der Waals surface area contributed by atoms with E-state index in [0.29, 0.717) is 19.8 Å². The molecular weight excluding hydrogens is 178 g/mol. The smallest absolute Gasteiger partial charge is 0.0632 e. The molecule has 4 nitrogen and oxygen atoms in total. The summed E-state index contributed by atoms with van der Waals surface area (Å²) in [6.45, 7) is 3.61. The third-order valence-electron chi connectivity index (χ3n) is 1.99. The van der Waals surface area contributed by atoms with Gasteiger partial charge in [0.15, 0.2) is 0 Å². The second-order valence-electron chi connectivity index (χ2n) is 2.88. The van der Waals surface area contributed by atoms with Crippen molar-refractivity contribution in [3.63, 3.8) is 0 Å². The highest BCUT2D eigenvalue weighted by atomic mass is 32.2. The van der Waals surface area contributed by atoms with Crippen molar-refractivity contribution in [1.29, 1.82) is 0 Å². The Balaban J connectivity index is 2.48. The molecule has 0 aromatic rings. The molecule has 1 aliphatic heterocycles. The van der Waals surface area contributed by atoms with Crippen molar-refractivity contribution in [3.05, 3.63) is 0 Å². The van der Waals surface area contributed by atoms with Gasteiger partial charge in [-0.2, -0.15) is 0 Å². The molecule has 1 rings (SSSR count). The third-order valence-corrected chi connectivity index (χ3v) is 2.85. The Bertz CT molecular complexity index is 163. The Morgan fingerprint density at radius 3 is 3.08 bits per heavy atom. The summed E-state index contributed by atoms with van der Waals surface area (Å²) >= 11 is -2.08. The van der Waals surface area contributed by atoms with Crippen LogP contribution in [0.2, 0.25) is 0 Å². The molecule has 0 spiro atoms. The number of morpholine rings is 1. The van der Waals surface area contributed by atoms with Gasteiger partial charge < -0.3 is 9.29 Å². The van der Waals surface area contributed by atoms with Crippen molar-refractivity contribution in [1.82, 2.24) is 4.31 Å². The van der Waals surface area contributed by atoms with Crippen LogP contribution in [0.1, 0.15) is 19.8 Å². The molecule has 12 heavy (non-hydrogen) atoms. The number of hydrogen-bond donors (Lipinski definition) is 0. The second kappa shape index (κ2) is 4.91. The Labute approximate surface area is 75.3 Å². The molecule has 0 amide bonds. The van der Waals surface area contributed by atoms with Gasteiger partial charge in [-0.25, -0.2) is 4.31 Å². The van der Waals surface area contributed by atoms with E-state index < -0.39 is 11.3 Å². The van der Waals surface area contributed by atoms with Gasteiger partial charge in [0.25, 0.3) is 0 Å². The normalized spacial score (nSPS) is 28.7. The zero-order valence-electron chi connectivity index (χ0n) is 7.19. The second-order valence-corrected chi connectivity index (χ2v) is 3.78. The van der Waals surface area contributed by atoms with Gasteiger partial charge in [0, 0.05) is 23.9 Å². The van der Waals surface area contributed by atoms with Crippen LogP contribution in [0.3, 0.4) is 0 Å². The van der Waals surface area contributed by atoms with Gasteiger partial charge in [0.1, 0.15) is 0 Å². The van der Waals surface area contributed by atoms with E-state index in [9.17, 15) is 8.76 Å². The lowest BCUT2D eigenvalue weighted by Gasteiger charge is -2.36. The third kappa shape index (κ3) is 2.52. The maximum Gasteiger partial charge on any atom is 0.0632 e. The van der Waals surface area contributed by atoms with Crippen LogP contribution in [-0.4, -0.2) is 38.9 Å².